The maximum Gasteiger partial charge on any atom is 0.263 e. The van der Waals surface area contributed by atoms with Crippen molar-refractivity contribution in [3.63, 3.8) is 0 Å². The molecule has 5 rings (SSSR count). The van der Waals surface area contributed by atoms with E-state index in [4.69, 9.17) is 11.6 Å². The van der Waals surface area contributed by atoms with Gasteiger partial charge in [-0.05, 0) is 31.5 Å². The number of fused-ring (bicyclic) bond motifs is 2. The van der Waals surface area contributed by atoms with Gasteiger partial charge in [0.2, 0.25) is 0 Å². The van der Waals surface area contributed by atoms with Gasteiger partial charge in [0.1, 0.15) is 23.2 Å². The molecule has 8 nitrogen and oxygen atoms in total. The van der Waals surface area contributed by atoms with E-state index in [0.29, 0.717) is 49.6 Å². The average Bonchev–Trinajstić information content (AvgIpc) is 2.86. The van der Waals surface area contributed by atoms with Crippen LogP contribution < -0.4 is 16.3 Å². The van der Waals surface area contributed by atoms with Crippen LogP contribution in [0, 0.1) is 0 Å². The van der Waals surface area contributed by atoms with E-state index in [1.165, 1.54) is 18.6 Å². The highest BCUT2D eigenvalue weighted by Gasteiger charge is 2.24. The minimum Gasteiger partial charge on any atom is -0.389 e. The highest BCUT2D eigenvalue weighted by molar-refractivity contribution is 6.36. The molecule has 0 unspecified atom stereocenters. The predicted octanol–water partition coefficient (Wildman–Crippen LogP) is 4.50. The molecule has 3 aromatic heterocycles. The van der Waals surface area contributed by atoms with Crippen molar-refractivity contribution in [2.75, 3.05) is 5.32 Å². The molecule has 0 saturated heterocycles. The van der Waals surface area contributed by atoms with E-state index in [2.05, 4.69) is 20.3 Å². The molecule has 2 atom stereocenters. The topological polar surface area (TPSA) is 113 Å². The van der Waals surface area contributed by atoms with Crippen molar-refractivity contribution in [3.05, 3.63) is 104 Å². The summed E-state index contributed by atoms with van der Waals surface area (Å²) in [6.07, 6.45) is 2.03. The zero-order valence-electron chi connectivity index (χ0n) is 19.0. The molecular weight excluding hydrogens is 466 g/mol. The fraction of sp³-hybridized carbons (Fsp3) is 0.154. The molecule has 2 aromatic carbocycles. The number of hydrogen-bond donors (Lipinski definition) is 3. The number of nitrogens with zero attached hydrogens (tertiary/aromatic N) is 3. The van der Waals surface area contributed by atoms with Crippen LogP contribution in [0.5, 0.6) is 0 Å². The van der Waals surface area contributed by atoms with E-state index in [9.17, 15) is 14.7 Å². The maximum atomic E-state index is 13.9. The molecule has 0 aliphatic rings. The first-order valence-electron chi connectivity index (χ1n) is 11.1. The van der Waals surface area contributed by atoms with Gasteiger partial charge in [-0.1, -0.05) is 48.0 Å². The lowest BCUT2D eigenvalue weighted by Crippen LogP contribution is -2.27. The summed E-state index contributed by atoms with van der Waals surface area (Å²) < 4.78 is 1.54. The molecule has 0 fully saturated rings. The Labute approximate surface area is 204 Å². The summed E-state index contributed by atoms with van der Waals surface area (Å²) >= 11 is 6.97. The number of aliphatic hydroxyl groups excluding tert-OH is 1. The third-order valence-corrected chi connectivity index (χ3v) is 6.39. The molecular formula is C26H22ClN5O3. The molecule has 5 aromatic rings. The standard InChI is InChI=1S/C26H22ClN5O3/c1-14(31-25-21-19(34)11-12-28-24(21)29-13-30-25)23-22(27)18-10-6-9-17(15(2)33)20(18)26(35)32(23)16-7-4-3-5-8-16/h3-15,33H,1-2H3,(H2,28,29,30,31,34)/t14-,15+/m0/s1. The van der Waals surface area contributed by atoms with E-state index in [0.717, 1.165) is 0 Å². The van der Waals surface area contributed by atoms with Crippen LogP contribution in [0.15, 0.2) is 76.7 Å². The molecule has 0 bridgehead atoms. The highest BCUT2D eigenvalue weighted by atomic mass is 35.5. The maximum absolute atomic E-state index is 13.9. The fourth-order valence-electron chi connectivity index (χ4n) is 4.41. The van der Waals surface area contributed by atoms with Gasteiger partial charge in [-0.15, -0.1) is 0 Å². The van der Waals surface area contributed by atoms with Crippen LogP contribution in [0.25, 0.3) is 27.5 Å². The third kappa shape index (κ3) is 3.86. The van der Waals surface area contributed by atoms with E-state index >= 15 is 0 Å². The number of para-hydroxylation sites is 1. The summed E-state index contributed by atoms with van der Waals surface area (Å²) in [5, 5.41) is 15.2. The molecule has 0 amide bonds. The molecule has 0 saturated carbocycles. The Bertz CT molecular complexity index is 1670. The molecule has 0 radical (unpaired) electrons. The first-order chi connectivity index (χ1) is 16.9. The van der Waals surface area contributed by atoms with Gasteiger partial charge in [-0.2, -0.15) is 0 Å². The Balaban J connectivity index is 1.79. The quantitative estimate of drug-likeness (QED) is 0.336. The number of pyridine rings is 2. The molecule has 0 aliphatic heterocycles. The van der Waals surface area contributed by atoms with Crippen LogP contribution in [0.4, 0.5) is 5.82 Å². The second-order valence-electron chi connectivity index (χ2n) is 8.27. The van der Waals surface area contributed by atoms with Crippen molar-refractivity contribution < 1.29 is 5.11 Å². The Morgan fingerprint density at radius 3 is 2.51 bits per heavy atom. The monoisotopic (exact) mass is 487 g/mol. The predicted molar refractivity (Wildman–Crippen MR) is 137 cm³/mol. The Morgan fingerprint density at radius 2 is 1.77 bits per heavy atom. The third-order valence-electron chi connectivity index (χ3n) is 5.99. The Hall–Kier alpha value is -4.01. The summed E-state index contributed by atoms with van der Waals surface area (Å²) in [4.78, 5) is 37.9. The molecule has 0 aliphatic carbocycles. The number of anilines is 1. The second kappa shape index (κ2) is 8.98. The highest BCUT2D eigenvalue weighted by Crippen LogP contribution is 2.35. The molecule has 9 heteroatoms. The van der Waals surface area contributed by atoms with Crippen molar-refractivity contribution >= 4 is 39.2 Å². The summed E-state index contributed by atoms with van der Waals surface area (Å²) in [6.45, 7) is 3.46. The molecule has 35 heavy (non-hydrogen) atoms. The van der Waals surface area contributed by atoms with E-state index < -0.39 is 12.1 Å². The zero-order valence-corrected chi connectivity index (χ0v) is 19.7. The van der Waals surface area contributed by atoms with Gasteiger partial charge in [0, 0.05) is 23.3 Å². The summed E-state index contributed by atoms with van der Waals surface area (Å²) in [6, 6.07) is 15.3. The van der Waals surface area contributed by atoms with E-state index in [-0.39, 0.29) is 11.0 Å². The van der Waals surface area contributed by atoms with Gasteiger partial charge in [-0.25, -0.2) is 9.97 Å². The van der Waals surface area contributed by atoms with Gasteiger partial charge in [-0.3, -0.25) is 14.2 Å². The fourth-order valence-corrected chi connectivity index (χ4v) is 4.81. The lowest BCUT2D eigenvalue weighted by atomic mass is 10.00. The number of rotatable bonds is 5. The van der Waals surface area contributed by atoms with Crippen molar-refractivity contribution in [3.8, 4) is 5.69 Å². The van der Waals surface area contributed by atoms with Crippen LogP contribution in [0.2, 0.25) is 5.02 Å². The van der Waals surface area contributed by atoms with Crippen LogP contribution in [-0.4, -0.2) is 24.6 Å². The largest absolute Gasteiger partial charge is 0.389 e. The zero-order chi connectivity index (χ0) is 24.7. The Morgan fingerprint density at radius 1 is 1.00 bits per heavy atom. The molecule has 176 valence electrons. The number of hydrogen-bond acceptors (Lipinski definition) is 6. The molecule has 3 N–H and O–H groups in total. The van der Waals surface area contributed by atoms with Gasteiger partial charge < -0.3 is 15.4 Å². The second-order valence-corrected chi connectivity index (χ2v) is 8.65. The Kier molecular flexibility index (Phi) is 5.84. The van der Waals surface area contributed by atoms with Crippen molar-refractivity contribution in [1.29, 1.82) is 0 Å². The van der Waals surface area contributed by atoms with Crippen molar-refractivity contribution in [1.82, 2.24) is 19.5 Å². The normalized spacial score (nSPS) is 13.1. The van der Waals surface area contributed by atoms with Crippen molar-refractivity contribution in [2.24, 2.45) is 0 Å². The number of aromatic amines is 1. The van der Waals surface area contributed by atoms with Crippen LogP contribution in [-0.2, 0) is 0 Å². The van der Waals surface area contributed by atoms with Gasteiger partial charge in [0.05, 0.1) is 28.2 Å². The van der Waals surface area contributed by atoms with Crippen molar-refractivity contribution in [2.45, 2.75) is 26.0 Å². The minimum atomic E-state index is -0.854. The van der Waals surface area contributed by atoms with Gasteiger partial charge in [0.15, 0.2) is 5.43 Å². The lowest BCUT2D eigenvalue weighted by molar-refractivity contribution is 0.201. The van der Waals surface area contributed by atoms with E-state index in [1.54, 1.807) is 29.7 Å². The minimum absolute atomic E-state index is 0.235. The number of aromatic nitrogens is 4. The van der Waals surface area contributed by atoms with Gasteiger partial charge in [0.25, 0.3) is 5.56 Å². The number of halogens is 1. The number of aliphatic hydroxyl groups is 1. The van der Waals surface area contributed by atoms with Gasteiger partial charge >= 0.3 is 0 Å². The summed E-state index contributed by atoms with van der Waals surface area (Å²) in [7, 11) is 0. The molecule has 0 spiro atoms. The summed E-state index contributed by atoms with van der Waals surface area (Å²) in [5.74, 6) is 0.324. The van der Waals surface area contributed by atoms with Crippen LogP contribution >= 0.6 is 11.6 Å². The summed E-state index contributed by atoms with van der Waals surface area (Å²) in [5.41, 5.74) is 1.48. The lowest BCUT2D eigenvalue weighted by Gasteiger charge is -2.24. The average molecular weight is 488 g/mol. The number of H-pyrrole nitrogens is 1. The van der Waals surface area contributed by atoms with Crippen LogP contribution in [0.3, 0.4) is 0 Å². The smallest absolute Gasteiger partial charge is 0.263 e. The van der Waals surface area contributed by atoms with Crippen LogP contribution in [0.1, 0.15) is 37.3 Å². The first-order valence-corrected chi connectivity index (χ1v) is 11.5. The number of benzene rings is 2. The number of nitrogens with one attached hydrogen (secondary N) is 2. The first kappa shape index (κ1) is 22.8. The van der Waals surface area contributed by atoms with E-state index in [1.807, 2.05) is 37.3 Å². The SMILES string of the molecule is C[C@H](Nc1ncnc2[nH]ccc(=O)c12)c1c(Cl)c2cccc([C@@H](C)O)c2c(=O)n1-c1ccccc1. The molecule has 3 heterocycles.